The zero-order valence-corrected chi connectivity index (χ0v) is 32.7. The summed E-state index contributed by atoms with van der Waals surface area (Å²) in [4.78, 5) is 59.2. The van der Waals surface area contributed by atoms with E-state index < -0.39 is 17.7 Å². The summed E-state index contributed by atoms with van der Waals surface area (Å²) < 4.78 is 5.36. The van der Waals surface area contributed by atoms with E-state index in [-0.39, 0.29) is 42.0 Å². The monoisotopic (exact) mass is 764 g/mol. The van der Waals surface area contributed by atoms with Gasteiger partial charge in [-0.25, -0.2) is 4.79 Å². The van der Waals surface area contributed by atoms with Gasteiger partial charge < -0.3 is 30.9 Å². The van der Waals surface area contributed by atoms with E-state index >= 15 is 0 Å². The highest BCUT2D eigenvalue weighted by atomic mass is 16.6. The lowest BCUT2D eigenvalue weighted by Crippen LogP contribution is -2.51. The Balaban J connectivity index is 1.11. The van der Waals surface area contributed by atoms with Gasteiger partial charge in [0.15, 0.2) is 0 Å². The molecule has 3 heterocycles. The Labute approximate surface area is 327 Å². The van der Waals surface area contributed by atoms with Crippen LogP contribution >= 0.6 is 0 Å². The molecule has 1 saturated carbocycles. The van der Waals surface area contributed by atoms with Gasteiger partial charge in [-0.15, -0.1) is 10.2 Å². The lowest BCUT2D eigenvalue weighted by Gasteiger charge is -2.31. The molecule has 0 bridgehead atoms. The molecule has 296 valence electrons. The Hall–Kier alpha value is -5.70. The summed E-state index contributed by atoms with van der Waals surface area (Å²) in [7, 11) is 0. The fourth-order valence-electron chi connectivity index (χ4n) is 7.20. The number of benzene rings is 2. The number of carbonyl (C=O) groups is 4. The first-order chi connectivity index (χ1) is 26.8. The Morgan fingerprint density at radius 3 is 2.34 bits per heavy atom. The zero-order valence-electron chi connectivity index (χ0n) is 32.7. The number of hydrogen-bond acceptors (Lipinski definition) is 10. The van der Waals surface area contributed by atoms with E-state index in [9.17, 15) is 19.2 Å². The van der Waals surface area contributed by atoms with Gasteiger partial charge in [-0.3, -0.25) is 19.4 Å². The minimum atomic E-state index is -0.849. The number of H-pyrrole nitrogens is 1. The van der Waals surface area contributed by atoms with Crippen molar-refractivity contribution in [1.29, 1.82) is 0 Å². The van der Waals surface area contributed by atoms with Crippen LogP contribution in [0.2, 0.25) is 0 Å². The molecule has 2 aromatic heterocycles. The number of aromatic amines is 1. The van der Waals surface area contributed by atoms with Crippen LogP contribution in [0.3, 0.4) is 0 Å². The van der Waals surface area contributed by atoms with Crippen LogP contribution in [0.5, 0.6) is 0 Å². The van der Waals surface area contributed by atoms with Gasteiger partial charge >= 0.3 is 6.09 Å². The summed E-state index contributed by atoms with van der Waals surface area (Å²) >= 11 is 0. The smallest absolute Gasteiger partial charge is 0.407 e. The molecule has 6 rings (SSSR count). The van der Waals surface area contributed by atoms with Crippen LogP contribution in [0.4, 0.5) is 10.5 Å². The van der Waals surface area contributed by atoms with Crippen LogP contribution in [-0.2, 0) is 20.7 Å². The maximum Gasteiger partial charge on any atom is 0.407 e. The first-order valence-electron chi connectivity index (χ1n) is 19.3. The second-order valence-corrected chi connectivity index (χ2v) is 15.9. The number of aryl methyl sites for hydroxylation is 1. The third-order valence-electron chi connectivity index (χ3n) is 10.2. The summed E-state index contributed by atoms with van der Waals surface area (Å²) in [5.41, 5.74) is 4.79. The first kappa shape index (κ1) is 40.0. The summed E-state index contributed by atoms with van der Waals surface area (Å²) in [5, 5.41) is 26.3. The lowest BCUT2D eigenvalue weighted by molar-refractivity contribution is -0.130. The van der Waals surface area contributed by atoms with Gasteiger partial charge in [-0.1, -0.05) is 24.3 Å². The number of anilines is 1. The maximum absolute atomic E-state index is 13.8. The van der Waals surface area contributed by atoms with Gasteiger partial charge in [0, 0.05) is 67.6 Å². The molecule has 1 saturated heterocycles. The summed E-state index contributed by atoms with van der Waals surface area (Å²) in [5.74, 6) is -0.150. The fraction of sp³-hybridized carbons (Fsp3) is 0.463. The van der Waals surface area contributed by atoms with E-state index in [1.54, 1.807) is 30.5 Å². The summed E-state index contributed by atoms with van der Waals surface area (Å²) in [6.07, 6.45) is 4.42. The standard InChI is InChI=1S/C41H52N10O5/c1-25-20-35(39(54)51-19-18-42-26(2)24-51)43-23-33(25)29-10-6-27(7-11-29)21-34(38(53)45-32-16-14-30(15-17-32)36-47-49-50-48-36)46-37(52)31-12-8-28(9-13-31)22-44-40(55)56-41(3,4)5/h6-7,10-11,14-17,20,23,26,28,31,34,42H,8-9,12-13,18-19,21-22,24H2,1-5H3,(H,44,55)(H,45,53)(H,46,52)(H,47,48,49,50)/t26?,28?,31?,34-/m0/s1. The number of hydrogen-bond donors (Lipinski definition) is 5. The Bertz CT molecular complexity index is 1970. The van der Waals surface area contributed by atoms with Gasteiger partial charge in [-0.2, -0.15) is 5.21 Å². The molecule has 56 heavy (non-hydrogen) atoms. The minimum Gasteiger partial charge on any atom is -0.444 e. The number of carbonyl (C=O) groups excluding carboxylic acids is 4. The van der Waals surface area contributed by atoms with Crippen molar-refractivity contribution < 1.29 is 23.9 Å². The van der Waals surface area contributed by atoms with Crippen molar-refractivity contribution in [2.24, 2.45) is 11.8 Å². The summed E-state index contributed by atoms with van der Waals surface area (Å²) in [6, 6.07) is 16.1. The molecule has 4 amide bonds. The van der Waals surface area contributed by atoms with Gasteiger partial charge in [0.1, 0.15) is 17.3 Å². The summed E-state index contributed by atoms with van der Waals surface area (Å²) in [6.45, 7) is 12.1. The molecule has 1 aliphatic heterocycles. The molecule has 5 N–H and O–H groups in total. The predicted octanol–water partition coefficient (Wildman–Crippen LogP) is 4.67. The second-order valence-electron chi connectivity index (χ2n) is 15.9. The van der Waals surface area contributed by atoms with E-state index in [2.05, 4.69) is 53.8 Å². The van der Waals surface area contributed by atoms with Crippen LogP contribution < -0.4 is 21.3 Å². The van der Waals surface area contributed by atoms with Crippen molar-refractivity contribution in [1.82, 2.24) is 46.5 Å². The van der Waals surface area contributed by atoms with Crippen molar-refractivity contribution in [3.63, 3.8) is 0 Å². The lowest BCUT2D eigenvalue weighted by atomic mass is 9.81. The number of piperazine rings is 1. The molecule has 1 aliphatic carbocycles. The molecule has 4 aromatic rings. The number of nitrogens with zero attached hydrogens (tertiary/aromatic N) is 5. The van der Waals surface area contributed by atoms with Crippen LogP contribution in [0.25, 0.3) is 22.5 Å². The molecule has 0 radical (unpaired) electrons. The average molecular weight is 765 g/mol. The molecule has 0 spiro atoms. The Morgan fingerprint density at radius 2 is 1.70 bits per heavy atom. The van der Waals surface area contributed by atoms with Crippen molar-refractivity contribution in [2.45, 2.75) is 84.4 Å². The fourth-order valence-corrected chi connectivity index (χ4v) is 7.20. The van der Waals surface area contributed by atoms with E-state index in [1.165, 1.54) is 0 Å². The molecular weight excluding hydrogens is 713 g/mol. The SMILES string of the molecule is Cc1cc(C(=O)N2CCNC(C)C2)ncc1-c1ccc(C[C@H](NC(=O)C2CCC(CNC(=O)OC(C)(C)C)CC2)C(=O)Nc2ccc(-c3nn[nH]n3)cc2)cc1. The van der Waals surface area contributed by atoms with Crippen molar-refractivity contribution in [2.75, 3.05) is 31.5 Å². The van der Waals surface area contributed by atoms with Crippen molar-refractivity contribution in [3.8, 4) is 22.5 Å². The Morgan fingerprint density at radius 1 is 0.982 bits per heavy atom. The minimum absolute atomic E-state index is 0.0686. The van der Waals surface area contributed by atoms with Gasteiger partial charge in [-0.05, 0) is 118 Å². The van der Waals surface area contributed by atoms with Gasteiger partial charge in [0.25, 0.3) is 5.91 Å². The quantitative estimate of drug-likeness (QED) is 0.143. The number of aromatic nitrogens is 5. The molecular formula is C41H52N10O5. The second kappa shape index (κ2) is 17.8. The largest absolute Gasteiger partial charge is 0.444 e. The zero-order chi connectivity index (χ0) is 39.8. The van der Waals surface area contributed by atoms with E-state index in [0.29, 0.717) is 49.7 Å². The number of tetrazole rings is 1. The van der Waals surface area contributed by atoms with Crippen LogP contribution in [-0.4, -0.2) is 98.2 Å². The van der Waals surface area contributed by atoms with Crippen LogP contribution in [0, 0.1) is 18.8 Å². The molecule has 15 nitrogen and oxygen atoms in total. The van der Waals surface area contributed by atoms with Crippen LogP contribution in [0.1, 0.15) is 75.0 Å². The molecule has 2 atom stereocenters. The molecule has 1 unspecified atom stereocenters. The average Bonchev–Trinajstić information content (AvgIpc) is 3.72. The molecule has 2 fully saturated rings. The number of nitrogens with one attached hydrogen (secondary N) is 5. The number of rotatable bonds is 11. The third-order valence-corrected chi connectivity index (χ3v) is 10.2. The highest BCUT2D eigenvalue weighted by Crippen LogP contribution is 2.29. The van der Waals surface area contributed by atoms with Crippen molar-refractivity contribution in [3.05, 3.63) is 77.6 Å². The topological polar surface area (TPSA) is 196 Å². The molecule has 15 heteroatoms. The maximum atomic E-state index is 13.8. The number of ether oxygens (including phenoxy) is 1. The third kappa shape index (κ3) is 10.7. The predicted molar refractivity (Wildman–Crippen MR) is 211 cm³/mol. The molecule has 2 aromatic carbocycles. The van der Waals surface area contributed by atoms with Crippen LogP contribution in [0.15, 0.2) is 60.8 Å². The van der Waals surface area contributed by atoms with Gasteiger partial charge in [0.05, 0.1) is 0 Å². The highest BCUT2D eigenvalue weighted by Gasteiger charge is 2.31. The molecule has 2 aliphatic rings. The highest BCUT2D eigenvalue weighted by molar-refractivity contribution is 5.98. The normalized spacial score (nSPS) is 19.1. The van der Waals surface area contributed by atoms with Gasteiger partial charge in [0.2, 0.25) is 17.6 Å². The van der Waals surface area contributed by atoms with Crippen molar-refractivity contribution >= 4 is 29.5 Å². The van der Waals surface area contributed by atoms with E-state index in [1.807, 2.05) is 62.9 Å². The number of alkyl carbamates (subject to hydrolysis) is 1. The van der Waals surface area contributed by atoms with E-state index in [0.717, 1.165) is 47.2 Å². The first-order valence-corrected chi connectivity index (χ1v) is 19.3. The number of pyridine rings is 1. The Kier molecular flexibility index (Phi) is 12.7. The number of amides is 4. The van der Waals surface area contributed by atoms with E-state index in [4.69, 9.17) is 4.74 Å².